The highest BCUT2D eigenvalue weighted by Crippen LogP contribution is 2.40. The molecule has 1 heterocycles. The molecule has 0 radical (unpaired) electrons. The first-order valence-electron chi connectivity index (χ1n) is 13.8. The minimum absolute atomic E-state index is 0.159. The summed E-state index contributed by atoms with van der Waals surface area (Å²) in [6, 6.07) is 7.68. The standard InChI is InChI=1S/C30H47NO4Si/c1-30(2,3)36(5,6)35-27(24-12-8-7-9-13-24)21-22-31-26(19-20-28(31)32)14-10-11-23-15-17-25(18-16-23)29(33)34-4/h10,14-18,24,26-27H,7-9,11-13,19-22H2,1-6H3/t26?,27-/m0/s1. The first-order valence-corrected chi connectivity index (χ1v) is 16.7. The second-order valence-electron chi connectivity index (χ2n) is 12.1. The molecule has 0 aromatic heterocycles. The van der Waals surface area contributed by atoms with Gasteiger partial charge in [0.1, 0.15) is 0 Å². The molecule has 0 bridgehead atoms. The number of hydrogen-bond donors (Lipinski definition) is 0. The van der Waals surface area contributed by atoms with Gasteiger partial charge in [-0.15, -0.1) is 0 Å². The van der Waals surface area contributed by atoms with E-state index in [0.717, 1.165) is 31.4 Å². The van der Waals surface area contributed by atoms with Crippen LogP contribution in [-0.2, 0) is 20.4 Å². The molecule has 36 heavy (non-hydrogen) atoms. The fraction of sp³-hybridized carbons (Fsp3) is 0.667. The maximum Gasteiger partial charge on any atom is 0.337 e. The summed E-state index contributed by atoms with van der Waals surface area (Å²) < 4.78 is 11.8. The van der Waals surface area contributed by atoms with E-state index in [1.54, 1.807) is 12.1 Å². The lowest BCUT2D eigenvalue weighted by atomic mass is 9.84. The molecule has 6 heteroatoms. The summed E-state index contributed by atoms with van der Waals surface area (Å²) in [6.45, 7) is 12.4. The zero-order chi connectivity index (χ0) is 26.3. The number of rotatable bonds is 10. The molecule has 2 fully saturated rings. The predicted molar refractivity (Wildman–Crippen MR) is 149 cm³/mol. The second-order valence-corrected chi connectivity index (χ2v) is 16.9. The van der Waals surface area contributed by atoms with E-state index in [4.69, 9.17) is 9.16 Å². The van der Waals surface area contributed by atoms with Gasteiger partial charge in [0, 0.05) is 19.1 Å². The number of ether oxygens (including phenoxy) is 1. The van der Waals surface area contributed by atoms with Crippen LogP contribution in [0, 0.1) is 5.92 Å². The summed E-state index contributed by atoms with van der Waals surface area (Å²) in [6.07, 6.45) is 14.3. The number of esters is 1. The number of benzene rings is 1. The van der Waals surface area contributed by atoms with Crippen molar-refractivity contribution in [1.82, 2.24) is 4.90 Å². The van der Waals surface area contributed by atoms with Crippen molar-refractivity contribution < 1.29 is 18.8 Å². The number of hydrogen-bond acceptors (Lipinski definition) is 4. The Morgan fingerprint density at radius 2 is 1.78 bits per heavy atom. The summed E-state index contributed by atoms with van der Waals surface area (Å²) in [5.41, 5.74) is 1.69. The van der Waals surface area contributed by atoms with Gasteiger partial charge in [-0.25, -0.2) is 4.79 Å². The first kappa shape index (κ1) is 28.6. The highest BCUT2D eigenvalue weighted by atomic mass is 28.4. The van der Waals surface area contributed by atoms with Crippen molar-refractivity contribution in [3.8, 4) is 0 Å². The van der Waals surface area contributed by atoms with E-state index < -0.39 is 8.32 Å². The molecular weight excluding hydrogens is 466 g/mol. The Hall–Kier alpha value is -1.92. The van der Waals surface area contributed by atoms with Crippen LogP contribution < -0.4 is 0 Å². The molecule has 1 amide bonds. The minimum Gasteiger partial charge on any atom is -0.465 e. The minimum atomic E-state index is -1.88. The number of carbonyl (C=O) groups excluding carboxylic acids is 2. The zero-order valence-electron chi connectivity index (χ0n) is 23.3. The van der Waals surface area contributed by atoms with Gasteiger partial charge < -0.3 is 14.1 Å². The average Bonchev–Trinajstić information content (AvgIpc) is 3.20. The first-order chi connectivity index (χ1) is 17.0. The molecule has 0 N–H and O–H groups in total. The highest BCUT2D eigenvalue weighted by Gasteiger charge is 2.41. The van der Waals surface area contributed by atoms with Crippen molar-refractivity contribution in [2.75, 3.05) is 13.7 Å². The van der Waals surface area contributed by atoms with Gasteiger partial charge in [0.2, 0.25) is 5.91 Å². The molecule has 1 unspecified atom stereocenters. The van der Waals surface area contributed by atoms with Crippen LogP contribution in [0.25, 0.3) is 0 Å². The second kappa shape index (κ2) is 12.5. The Bertz CT molecular complexity index is 897. The van der Waals surface area contributed by atoms with E-state index in [0.29, 0.717) is 17.9 Å². The number of likely N-dealkylation sites (tertiary alicyclic amines) is 1. The van der Waals surface area contributed by atoms with E-state index >= 15 is 0 Å². The quantitative estimate of drug-likeness (QED) is 0.193. The molecule has 1 aliphatic heterocycles. The van der Waals surface area contributed by atoms with Crippen LogP contribution in [0.5, 0.6) is 0 Å². The number of carbonyl (C=O) groups is 2. The van der Waals surface area contributed by atoms with E-state index in [-0.39, 0.29) is 29.1 Å². The normalized spacial score (nSPS) is 20.8. The van der Waals surface area contributed by atoms with Crippen LogP contribution in [0.4, 0.5) is 0 Å². The van der Waals surface area contributed by atoms with Crippen molar-refractivity contribution >= 4 is 20.2 Å². The van der Waals surface area contributed by atoms with Crippen LogP contribution in [-0.4, -0.2) is 50.9 Å². The van der Waals surface area contributed by atoms with Gasteiger partial charge in [-0.1, -0.05) is 64.3 Å². The summed E-state index contributed by atoms with van der Waals surface area (Å²) in [5, 5.41) is 0.184. The van der Waals surface area contributed by atoms with Crippen LogP contribution in [0.3, 0.4) is 0 Å². The third-order valence-corrected chi connectivity index (χ3v) is 13.0. The Labute approximate surface area is 219 Å². The molecule has 3 rings (SSSR count). The summed E-state index contributed by atoms with van der Waals surface area (Å²) in [4.78, 5) is 26.5. The number of nitrogens with zero attached hydrogens (tertiary/aromatic N) is 1. The molecule has 2 atom stereocenters. The van der Waals surface area contributed by atoms with Crippen molar-refractivity contribution in [3.63, 3.8) is 0 Å². The smallest absolute Gasteiger partial charge is 0.337 e. The van der Waals surface area contributed by atoms with Crippen molar-refractivity contribution in [2.24, 2.45) is 5.92 Å². The van der Waals surface area contributed by atoms with Gasteiger partial charge in [-0.05, 0) is 73.9 Å². The van der Waals surface area contributed by atoms with Gasteiger partial charge in [-0.3, -0.25) is 4.79 Å². The molecule has 1 saturated heterocycles. The van der Waals surface area contributed by atoms with Crippen LogP contribution in [0.1, 0.15) is 88.1 Å². The Kier molecular flexibility index (Phi) is 9.99. The van der Waals surface area contributed by atoms with E-state index in [2.05, 4.69) is 50.9 Å². The summed E-state index contributed by atoms with van der Waals surface area (Å²) in [7, 11) is -0.488. The zero-order valence-corrected chi connectivity index (χ0v) is 24.3. The van der Waals surface area contributed by atoms with Gasteiger partial charge >= 0.3 is 5.97 Å². The maximum atomic E-state index is 12.8. The number of amides is 1. The SMILES string of the molecule is COC(=O)c1ccc(CC=CC2CCC(=O)N2CC[C@H](O[Si](C)(C)C(C)(C)C)C2CCCCC2)cc1. The average molecular weight is 514 g/mol. The molecular formula is C30H47NO4Si. The van der Waals surface area contributed by atoms with Crippen molar-refractivity contribution in [1.29, 1.82) is 0 Å². The van der Waals surface area contributed by atoms with Gasteiger partial charge in [0.15, 0.2) is 8.32 Å². The summed E-state index contributed by atoms with van der Waals surface area (Å²) in [5.74, 6) is 0.565. The Morgan fingerprint density at radius 1 is 1.11 bits per heavy atom. The Balaban J connectivity index is 1.62. The predicted octanol–water partition coefficient (Wildman–Crippen LogP) is 6.92. The van der Waals surface area contributed by atoms with Crippen LogP contribution >= 0.6 is 0 Å². The van der Waals surface area contributed by atoms with Crippen LogP contribution in [0.15, 0.2) is 36.4 Å². The molecule has 1 aliphatic carbocycles. The molecule has 1 aromatic carbocycles. The fourth-order valence-electron chi connectivity index (χ4n) is 5.22. The molecule has 1 aromatic rings. The molecule has 1 saturated carbocycles. The van der Waals surface area contributed by atoms with E-state index in [9.17, 15) is 9.59 Å². The maximum absolute atomic E-state index is 12.8. The van der Waals surface area contributed by atoms with Crippen LogP contribution in [0.2, 0.25) is 18.1 Å². The monoisotopic (exact) mass is 513 g/mol. The van der Waals surface area contributed by atoms with E-state index in [1.807, 2.05) is 12.1 Å². The number of allylic oxidation sites excluding steroid dienone is 1. The van der Waals surface area contributed by atoms with Gasteiger partial charge in [-0.2, -0.15) is 0 Å². The summed E-state index contributed by atoms with van der Waals surface area (Å²) >= 11 is 0. The fourth-order valence-corrected chi connectivity index (χ4v) is 6.64. The molecule has 5 nitrogen and oxygen atoms in total. The highest BCUT2D eigenvalue weighted by molar-refractivity contribution is 6.74. The molecule has 2 aliphatic rings. The topological polar surface area (TPSA) is 55.8 Å². The van der Waals surface area contributed by atoms with E-state index in [1.165, 1.54) is 39.2 Å². The number of methoxy groups -OCH3 is 1. The molecule has 0 spiro atoms. The van der Waals surface area contributed by atoms with Crippen molar-refractivity contribution in [3.05, 3.63) is 47.5 Å². The lowest BCUT2D eigenvalue weighted by molar-refractivity contribution is -0.128. The molecule has 200 valence electrons. The van der Waals surface area contributed by atoms with Gasteiger partial charge in [0.25, 0.3) is 0 Å². The lowest BCUT2D eigenvalue weighted by Gasteiger charge is -2.43. The third-order valence-electron chi connectivity index (χ3n) is 8.54. The largest absolute Gasteiger partial charge is 0.465 e. The third kappa shape index (κ3) is 7.55. The van der Waals surface area contributed by atoms with Gasteiger partial charge in [0.05, 0.1) is 18.7 Å². The Morgan fingerprint density at radius 3 is 2.39 bits per heavy atom. The lowest BCUT2D eigenvalue weighted by Crippen LogP contribution is -2.47. The van der Waals surface area contributed by atoms with Crippen molar-refractivity contribution in [2.45, 2.75) is 109 Å².